The van der Waals surface area contributed by atoms with Crippen molar-refractivity contribution >= 4 is 57.1 Å². The molecule has 0 radical (unpaired) electrons. The minimum Gasteiger partial charge on any atom is -0.497 e. The predicted molar refractivity (Wildman–Crippen MR) is 148 cm³/mol. The number of ether oxygens (including phenoxy) is 3. The fourth-order valence-electron chi connectivity index (χ4n) is 3.79. The number of rotatable bonds is 8. The third-order valence-corrected chi connectivity index (χ3v) is 6.35. The molecule has 2 N–H and O–H groups in total. The summed E-state index contributed by atoms with van der Waals surface area (Å²) in [6, 6.07) is 15.9. The molecule has 5 amide bonds. The molecule has 1 heterocycles. The summed E-state index contributed by atoms with van der Waals surface area (Å²) in [5.41, 5.74) is 2.01. The Morgan fingerprint density at radius 1 is 1.03 bits per heavy atom. The molecule has 0 spiro atoms. The zero-order valence-electron chi connectivity index (χ0n) is 21.2. The van der Waals surface area contributed by atoms with Crippen molar-refractivity contribution in [2.45, 2.75) is 6.92 Å². The summed E-state index contributed by atoms with van der Waals surface area (Å²) in [6.45, 7) is 1.59. The van der Waals surface area contributed by atoms with E-state index in [0.717, 1.165) is 10.5 Å². The Labute approximate surface area is 232 Å². The van der Waals surface area contributed by atoms with Gasteiger partial charge in [0, 0.05) is 5.69 Å². The van der Waals surface area contributed by atoms with E-state index in [9.17, 15) is 19.2 Å². The molecule has 1 saturated heterocycles. The van der Waals surface area contributed by atoms with Gasteiger partial charge in [-0.25, -0.2) is 9.69 Å². The molecular weight excluding hydrogens is 570 g/mol. The first-order valence-corrected chi connectivity index (χ1v) is 12.4. The molecule has 10 nitrogen and oxygen atoms in total. The van der Waals surface area contributed by atoms with Crippen LogP contribution in [0.5, 0.6) is 17.2 Å². The number of benzene rings is 3. The first-order valence-electron chi connectivity index (χ1n) is 11.6. The Hall–Kier alpha value is -4.64. The van der Waals surface area contributed by atoms with Crippen molar-refractivity contribution in [3.63, 3.8) is 0 Å². The number of halogens is 1. The molecule has 3 aromatic carbocycles. The Kier molecular flexibility index (Phi) is 8.30. The van der Waals surface area contributed by atoms with E-state index < -0.39 is 17.8 Å². The first kappa shape index (κ1) is 27.4. The van der Waals surface area contributed by atoms with Gasteiger partial charge in [-0.05, 0) is 82.5 Å². The number of hydrogen-bond donors (Lipinski definition) is 2. The lowest BCUT2D eigenvalue weighted by Crippen LogP contribution is -2.54. The van der Waals surface area contributed by atoms with Crippen molar-refractivity contribution in [3.8, 4) is 17.2 Å². The average molecular weight is 594 g/mol. The second kappa shape index (κ2) is 11.8. The van der Waals surface area contributed by atoms with Gasteiger partial charge in [0.05, 0.1) is 24.4 Å². The van der Waals surface area contributed by atoms with Gasteiger partial charge in [-0.15, -0.1) is 0 Å². The lowest BCUT2D eigenvalue weighted by molar-refractivity contribution is -0.122. The molecule has 0 aliphatic carbocycles. The maximum absolute atomic E-state index is 13.2. The fraction of sp³-hybridized carbons (Fsp3) is 0.143. The Balaban J connectivity index is 1.56. The van der Waals surface area contributed by atoms with Gasteiger partial charge in [-0.3, -0.25) is 19.7 Å². The maximum Gasteiger partial charge on any atom is 0.335 e. The van der Waals surface area contributed by atoms with E-state index in [1.54, 1.807) is 30.3 Å². The maximum atomic E-state index is 13.2. The van der Waals surface area contributed by atoms with E-state index in [0.29, 0.717) is 21.5 Å². The summed E-state index contributed by atoms with van der Waals surface area (Å²) >= 11 is 3.41. The number of anilines is 2. The van der Waals surface area contributed by atoms with Crippen LogP contribution in [0.3, 0.4) is 0 Å². The highest BCUT2D eigenvalue weighted by Crippen LogP contribution is 2.37. The number of aryl methyl sites for hydroxylation is 1. The van der Waals surface area contributed by atoms with Crippen molar-refractivity contribution in [2.75, 3.05) is 31.0 Å². The van der Waals surface area contributed by atoms with Gasteiger partial charge in [0.15, 0.2) is 18.1 Å². The highest BCUT2D eigenvalue weighted by atomic mass is 79.9. The lowest BCUT2D eigenvalue weighted by atomic mass is 10.1. The molecule has 39 heavy (non-hydrogen) atoms. The molecular formula is C28H24BrN3O7. The van der Waals surface area contributed by atoms with Crippen LogP contribution in [0.25, 0.3) is 6.08 Å². The summed E-state index contributed by atoms with van der Waals surface area (Å²) in [5.74, 6) is -0.935. The molecule has 1 aliphatic rings. The van der Waals surface area contributed by atoms with Gasteiger partial charge in [-0.2, -0.15) is 0 Å². The topological polar surface area (TPSA) is 123 Å². The highest BCUT2D eigenvalue weighted by molar-refractivity contribution is 9.10. The van der Waals surface area contributed by atoms with Gasteiger partial charge in [-0.1, -0.05) is 18.2 Å². The van der Waals surface area contributed by atoms with Crippen LogP contribution in [0, 0.1) is 6.92 Å². The number of barbiturate groups is 1. The number of urea groups is 1. The van der Waals surface area contributed by atoms with Crippen LogP contribution >= 0.6 is 15.9 Å². The van der Waals surface area contributed by atoms with E-state index >= 15 is 0 Å². The van der Waals surface area contributed by atoms with Gasteiger partial charge in [0.2, 0.25) is 0 Å². The van der Waals surface area contributed by atoms with E-state index in [4.69, 9.17) is 14.2 Å². The second-order valence-corrected chi connectivity index (χ2v) is 9.20. The number of carbonyl (C=O) groups is 4. The molecule has 0 unspecified atom stereocenters. The summed E-state index contributed by atoms with van der Waals surface area (Å²) in [6.07, 6.45) is 1.34. The van der Waals surface area contributed by atoms with Crippen LogP contribution < -0.4 is 29.7 Å². The molecule has 11 heteroatoms. The quantitative estimate of drug-likeness (QED) is 0.292. The van der Waals surface area contributed by atoms with Crippen LogP contribution in [0.1, 0.15) is 11.1 Å². The third kappa shape index (κ3) is 6.10. The molecule has 0 aromatic heterocycles. The number of para-hydroxylation sites is 1. The van der Waals surface area contributed by atoms with Gasteiger partial charge in [0.1, 0.15) is 11.3 Å². The molecule has 1 fully saturated rings. The number of amides is 5. The predicted octanol–water partition coefficient (Wildman–Crippen LogP) is 4.46. The second-order valence-electron chi connectivity index (χ2n) is 8.34. The standard InChI is InChI=1S/C28H24BrN3O7/c1-16-6-4-5-7-22(16)30-24(33)15-39-25-21(29)13-17(14-23(25)38-3)12-20-26(34)31-28(36)32(27(20)35)18-8-10-19(37-2)11-9-18/h4-14H,15H2,1-3H3,(H,30,33)(H,31,34,36)/b20-12+. The molecule has 4 rings (SSSR count). The van der Waals surface area contributed by atoms with Gasteiger partial charge < -0.3 is 19.5 Å². The smallest absolute Gasteiger partial charge is 0.335 e. The number of methoxy groups -OCH3 is 2. The zero-order valence-corrected chi connectivity index (χ0v) is 22.8. The molecule has 0 saturated carbocycles. The van der Waals surface area contributed by atoms with Crippen molar-refractivity contribution in [3.05, 3.63) is 81.8 Å². The Morgan fingerprint density at radius 2 is 1.74 bits per heavy atom. The SMILES string of the molecule is COc1ccc(N2C(=O)NC(=O)/C(=C\c3cc(Br)c(OCC(=O)Nc4ccccc4C)c(OC)c3)C2=O)cc1. The largest absolute Gasteiger partial charge is 0.497 e. The molecule has 1 aliphatic heterocycles. The number of nitrogens with zero attached hydrogens (tertiary/aromatic N) is 1. The zero-order chi connectivity index (χ0) is 28.1. The van der Waals surface area contributed by atoms with E-state index in [1.165, 1.54) is 32.4 Å². The normalized spacial score (nSPS) is 14.2. The third-order valence-electron chi connectivity index (χ3n) is 5.76. The van der Waals surface area contributed by atoms with Crippen molar-refractivity contribution < 1.29 is 33.4 Å². The van der Waals surface area contributed by atoms with Crippen LogP contribution in [-0.4, -0.2) is 44.6 Å². The van der Waals surface area contributed by atoms with Gasteiger partial charge >= 0.3 is 6.03 Å². The summed E-state index contributed by atoms with van der Waals surface area (Å²) in [7, 11) is 2.91. The molecule has 3 aromatic rings. The monoisotopic (exact) mass is 593 g/mol. The highest BCUT2D eigenvalue weighted by Gasteiger charge is 2.37. The van der Waals surface area contributed by atoms with Crippen LogP contribution in [-0.2, 0) is 14.4 Å². The number of nitrogens with one attached hydrogen (secondary N) is 2. The van der Waals surface area contributed by atoms with E-state index in [2.05, 4.69) is 26.6 Å². The summed E-state index contributed by atoms with van der Waals surface area (Å²) in [5, 5.41) is 4.97. The molecule has 0 bridgehead atoms. The van der Waals surface area contributed by atoms with E-state index in [1.807, 2.05) is 25.1 Å². The lowest BCUT2D eigenvalue weighted by Gasteiger charge is -2.26. The fourth-order valence-corrected chi connectivity index (χ4v) is 4.36. The van der Waals surface area contributed by atoms with Gasteiger partial charge in [0.25, 0.3) is 17.7 Å². The minimum atomic E-state index is -0.862. The first-order chi connectivity index (χ1) is 18.7. The Morgan fingerprint density at radius 3 is 2.41 bits per heavy atom. The molecule has 0 atom stereocenters. The van der Waals surface area contributed by atoms with Crippen LogP contribution in [0.15, 0.2) is 70.7 Å². The van der Waals surface area contributed by atoms with Crippen LogP contribution in [0.2, 0.25) is 0 Å². The average Bonchev–Trinajstić information content (AvgIpc) is 2.91. The summed E-state index contributed by atoms with van der Waals surface area (Å²) < 4.78 is 16.7. The molecule has 200 valence electrons. The van der Waals surface area contributed by atoms with Crippen molar-refractivity contribution in [2.24, 2.45) is 0 Å². The Bertz CT molecular complexity index is 1480. The minimum absolute atomic E-state index is 0.256. The van der Waals surface area contributed by atoms with Crippen LogP contribution in [0.4, 0.5) is 16.2 Å². The van der Waals surface area contributed by atoms with E-state index in [-0.39, 0.29) is 35.3 Å². The number of carbonyl (C=O) groups excluding carboxylic acids is 4. The number of imide groups is 2. The number of hydrogen-bond acceptors (Lipinski definition) is 7. The van der Waals surface area contributed by atoms with Crippen molar-refractivity contribution in [1.82, 2.24) is 5.32 Å². The van der Waals surface area contributed by atoms with Crippen molar-refractivity contribution in [1.29, 1.82) is 0 Å². The summed E-state index contributed by atoms with van der Waals surface area (Å²) in [4.78, 5) is 51.5.